The lowest BCUT2D eigenvalue weighted by atomic mass is 10.2. The highest BCUT2D eigenvalue weighted by atomic mass is 32.2. The molecule has 2 aromatic rings. The predicted molar refractivity (Wildman–Crippen MR) is 80.5 cm³/mol. The Bertz CT molecular complexity index is 573. The van der Waals surface area contributed by atoms with Crippen LogP contribution in [0.4, 0.5) is 11.4 Å². The number of anilines is 2. The third-order valence-electron chi connectivity index (χ3n) is 2.48. The van der Waals surface area contributed by atoms with Gasteiger partial charge in [-0.15, -0.1) is 0 Å². The smallest absolute Gasteiger partial charge is 0.221 e. The van der Waals surface area contributed by atoms with Gasteiger partial charge < -0.3 is 11.1 Å². The average molecular weight is 272 g/mol. The summed E-state index contributed by atoms with van der Waals surface area (Å²) >= 11 is 1.65. The molecule has 0 aliphatic rings. The van der Waals surface area contributed by atoms with Crippen LogP contribution in [0, 0.1) is 6.92 Å². The van der Waals surface area contributed by atoms with E-state index >= 15 is 0 Å². The molecule has 0 spiro atoms. The van der Waals surface area contributed by atoms with Crippen LogP contribution in [0.2, 0.25) is 0 Å². The van der Waals surface area contributed by atoms with Crippen LogP contribution in [0.5, 0.6) is 0 Å². The minimum absolute atomic E-state index is 0.0631. The van der Waals surface area contributed by atoms with Crippen LogP contribution >= 0.6 is 11.8 Å². The topological polar surface area (TPSA) is 55.1 Å². The first-order chi connectivity index (χ1) is 9.02. The van der Waals surface area contributed by atoms with Crippen molar-refractivity contribution in [1.29, 1.82) is 0 Å². The standard InChI is InChI=1S/C15H16N2OS/c1-10-7-12(16)9-15(8-10)19-14-5-3-13(4-6-14)17-11(2)18/h3-9H,16H2,1-2H3,(H,17,18). The Hall–Kier alpha value is -1.94. The molecule has 3 N–H and O–H groups in total. The van der Waals surface area contributed by atoms with Crippen LogP contribution in [0.1, 0.15) is 12.5 Å². The van der Waals surface area contributed by atoms with Gasteiger partial charge in [0, 0.05) is 28.1 Å². The van der Waals surface area contributed by atoms with Gasteiger partial charge in [-0.25, -0.2) is 0 Å². The Labute approximate surface area is 117 Å². The molecule has 0 radical (unpaired) electrons. The van der Waals surface area contributed by atoms with Crippen molar-refractivity contribution < 1.29 is 4.79 Å². The summed E-state index contributed by atoms with van der Waals surface area (Å²) in [5.41, 5.74) is 8.56. The Kier molecular flexibility index (Phi) is 4.12. The molecule has 0 aromatic heterocycles. The molecule has 0 aliphatic carbocycles. The normalized spacial score (nSPS) is 10.2. The number of carbonyl (C=O) groups is 1. The number of amides is 1. The average Bonchev–Trinajstić information content (AvgIpc) is 2.29. The van der Waals surface area contributed by atoms with E-state index in [9.17, 15) is 4.79 Å². The van der Waals surface area contributed by atoms with Crippen molar-refractivity contribution in [1.82, 2.24) is 0 Å². The minimum atomic E-state index is -0.0631. The molecule has 2 rings (SSSR count). The SMILES string of the molecule is CC(=O)Nc1ccc(Sc2cc(C)cc(N)c2)cc1. The number of nitrogens with one attached hydrogen (secondary N) is 1. The molecule has 0 atom stereocenters. The van der Waals surface area contributed by atoms with E-state index in [0.29, 0.717) is 0 Å². The quantitative estimate of drug-likeness (QED) is 0.838. The van der Waals surface area contributed by atoms with Crippen molar-refractivity contribution in [3.63, 3.8) is 0 Å². The summed E-state index contributed by atoms with van der Waals surface area (Å²) in [6.07, 6.45) is 0. The lowest BCUT2D eigenvalue weighted by Crippen LogP contribution is -2.05. The molecule has 4 heteroatoms. The fourth-order valence-corrected chi connectivity index (χ4v) is 2.77. The number of hydrogen-bond donors (Lipinski definition) is 2. The fourth-order valence-electron chi connectivity index (χ4n) is 1.78. The monoisotopic (exact) mass is 272 g/mol. The van der Waals surface area contributed by atoms with Crippen LogP contribution in [-0.2, 0) is 4.79 Å². The second-order valence-corrected chi connectivity index (χ2v) is 5.53. The van der Waals surface area contributed by atoms with Crippen LogP contribution in [0.15, 0.2) is 52.3 Å². The Morgan fingerprint density at radius 2 is 1.79 bits per heavy atom. The van der Waals surface area contributed by atoms with Crippen molar-refractivity contribution in [3.05, 3.63) is 48.0 Å². The summed E-state index contributed by atoms with van der Waals surface area (Å²) in [4.78, 5) is 13.2. The zero-order valence-electron chi connectivity index (χ0n) is 10.9. The van der Waals surface area contributed by atoms with E-state index < -0.39 is 0 Å². The molecule has 0 fully saturated rings. The molecule has 0 aliphatic heterocycles. The highest BCUT2D eigenvalue weighted by Gasteiger charge is 2.01. The Balaban J connectivity index is 2.12. The third kappa shape index (κ3) is 4.03. The molecule has 0 saturated carbocycles. The molecule has 1 amide bonds. The number of rotatable bonds is 3. The van der Waals surface area contributed by atoms with Crippen molar-refractivity contribution in [2.24, 2.45) is 0 Å². The van der Waals surface area contributed by atoms with Crippen molar-refractivity contribution in [2.75, 3.05) is 11.1 Å². The van der Waals surface area contributed by atoms with Gasteiger partial charge in [-0.2, -0.15) is 0 Å². The van der Waals surface area contributed by atoms with Gasteiger partial charge in [0.25, 0.3) is 0 Å². The minimum Gasteiger partial charge on any atom is -0.399 e. The Morgan fingerprint density at radius 3 is 2.37 bits per heavy atom. The Morgan fingerprint density at radius 1 is 1.11 bits per heavy atom. The summed E-state index contributed by atoms with van der Waals surface area (Å²) in [7, 11) is 0. The van der Waals surface area contributed by atoms with E-state index in [-0.39, 0.29) is 5.91 Å². The highest BCUT2D eigenvalue weighted by Crippen LogP contribution is 2.30. The van der Waals surface area contributed by atoms with Crippen molar-refractivity contribution >= 4 is 29.0 Å². The second kappa shape index (κ2) is 5.80. The molecule has 0 saturated heterocycles. The van der Waals surface area contributed by atoms with Crippen molar-refractivity contribution in [3.8, 4) is 0 Å². The first-order valence-electron chi connectivity index (χ1n) is 5.95. The van der Waals surface area contributed by atoms with Crippen LogP contribution in [-0.4, -0.2) is 5.91 Å². The van der Waals surface area contributed by atoms with Gasteiger partial charge >= 0.3 is 0 Å². The number of carbonyl (C=O) groups excluding carboxylic acids is 1. The molecular formula is C15H16N2OS. The molecule has 3 nitrogen and oxygen atoms in total. The van der Waals surface area contributed by atoms with Gasteiger partial charge in [0.2, 0.25) is 5.91 Å². The van der Waals surface area contributed by atoms with Crippen LogP contribution in [0.25, 0.3) is 0 Å². The van der Waals surface area contributed by atoms with Crippen molar-refractivity contribution in [2.45, 2.75) is 23.6 Å². The molecule has 98 valence electrons. The lowest BCUT2D eigenvalue weighted by molar-refractivity contribution is -0.114. The zero-order chi connectivity index (χ0) is 13.8. The van der Waals surface area contributed by atoms with Gasteiger partial charge in [-0.05, 0) is 55.0 Å². The third-order valence-corrected chi connectivity index (χ3v) is 3.46. The van der Waals surface area contributed by atoms with E-state index in [1.54, 1.807) is 11.8 Å². The lowest BCUT2D eigenvalue weighted by Gasteiger charge is -2.06. The summed E-state index contributed by atoms with van der Waals surface area (Å²) in [6, 6.07) is 13.8. The van der Waals surface area contributed by atoms with Gasteiger partial charge in [-0.1, -0.05) is 11.8 Å². The molecule has 0 bridgehead atoms. The van der Waals surface area contributed by atoms with Crippen LogP contribution in [0.3, 0.4) is 0 Å². The maximum Gasteiger partial charge on any atom is 0.221 e. The number of nitrogen functional groups attached to an aromatic ring is 1. The molecule has 19 heavy (non-hydrogen) atoms. The van der Waals surface area contributed by atoms with E-state index in [0.717, 1.165) is 26.7 Å². The van der Waals surface area contributed by atoms with E-state index in [4.69, 9.17) is 5.73 Å². The molecule has 0 unspecified atom stereocenters. The summed E-state index contributed by atoms with van der Waals surface area (Å²) in [6.45, 7) is 3.53. The first kappa shape index (κ1) is 13.5. The summed E-state index contributed by atoms with van der Waals surface area (Å²) in [5.74, 6) is -0.0631. The number of aryl methyl sites for hydroxylation is 1. The zero-order valence-corrected chi connectivity index (χ0v) is 11.8. The van der Waals surface area contributed by atoms with Gasteiger partial charge in [0.15, 0.2) is 0 Å². The maximum atomic E-state index is 10.9. The summed E-state index contributed by atoms with van der Waals surface area (Å²) < 4.78 is 0. The fraction of sp³-hybridized carbons (Fsp3) is 0.133. The number of nitrogens with two attached hydrogens (primary N) is 1. The molecule has 0 heterocycles. The number of hydrogen-bond acceptors (Lipinski definition) is 3. The summed E-state index contributed by atoms with van der Waals surface area (Å²) in [5, 5.41) is 2.75. The second-order valence-electron chi connectivity index (χ2n) is 4.39. The van der Waals surface area contributed by atoms with E-state index in [1.165, 1.54) is 6.92 Å². The number of benzene rings is 2. The highest BCUT2D eigenvalue weighted by molar-refractivity contribution is 7.99. The van der Waals surface area contributed by atoms with Gasteiger partial charge in [0.05, 0.1) is 0 Å². The van der Waals surface area contributed by atoms with Gasteiger partial charge in [0.1, 0.15) is 0 Å². The van der Waals surface area contributed by atoms with Crippen LogP contribution < -0.4 is 11.1 Å². The predicted octanol–water partition coefficient (Wildman–Crippen LogP) is 3.69. The molecule has 2 aromatic carbocycles. The molecular weight excluding hydrogens is 256 g/mol. The largest absolute Gasteiger partial charge is 0.399 e. The van der Waals surface area contributed by atoms with Gasteiger partial charge in [-0.3, -0.25) is 4.79 Å². The maximum absolute atomic E-state index is 10.9. The van der Waals surface area contributed by atoms with E-state index in [1.807, 2.05) is 43.3 Å². The first-order valence-corrected chi connectivity index (χ1v) is 6.77. The van der Waals surface area contributed by atoms with E-state index in [2.05, 4.69) is 11.4 Å².